The van der Waals surface area contributed by atoms with Crippen LogP contribution >= 0.6 is 0 Å². The predicted octanol–water partition coefficient (Wildman–Crippen LogP) is 2.11. The van der Waals surface area contributed by atoms with Crippen molar-refractivity contribution in [1.29, 1.82) is 0 Å². The molecule has 2 aliphatic rings. The number of nitrogens with one attached hydrogen (secondary N) is 1. The van der Waals surface area contributed by atoms with Gasteiger partial charge in [-0.15, -0.1) is 0 Å². The van der Waals surface area contributed by atoms with Crippen molar-refractivity contribution in [3.63, 3.8) is 0 Å². The zero-order valence-electron chi connectivity index (χ0n) is 14.7. The van der Waals surface area contributed by atoms with E-state index in [-0.39, 0.29) is 17.7 Å². The third-order valence-corrected chi connectivity index (χ3v) is 4.80. The molecule has 0 aromatic carbocycles. The van der Waals surface area contributed by atoms with Crippen molar-refractivity contribution >= 4 is 11.8 Å². The third-order valence-electron chi connectivity index (χ3n) is 4.80. The number of carbonyl (C=O) groups excluding carboxylic acids is 2. The molecule has 1 aromatic rings. The minimum absolute atomic E-state index is 0.113. The average molecular weight is 326 g/mol. The van der Waals surface area contributed by atoms with E-state index in [9.17, 15) is 9.59 Å². The summed E-state index contributed by atoms with van der Waals surface area (Å²) in [6, 6.07) is 1.66. The van der Waals surface area contributed by atoms with Gasteiger partial charge in [0.05, 0.1) is 5.41 Å². The molecule has 2 amide bonds. The van der Waals surface area contributed by atoms with E-state index in [4.69, 9.17) is 0 Å². The minimum atomic E-state index is -0.409. The summed E-state index contributed by atoms with van der Waals surface area (Å²) >= 11 is 0. The lowest BCUT2D eigenvalue weighted by atomic mass is 9.76. The van der Waals surface area contributed by atoms with Crippen molar-refractivity contribution in [3.05, 3.63) is 46.8 Å². The molecule has 3 rings (SSSR count). The van der Waals surface area contributed by atoms with Crippen molar-refractivity contribution in [3.8, 4) is 0 Å². The van der Waals surface area contributed by atoms with Crippen LogP contribution < -0.4 is 5.32 Å². The van der Waals surface area contributed by atoms with Crippen molar-refractivity contribution in [2.75, 3.05) is 7.05 Å². The van der Waals surface area contributed by atoms with Crippen LogP contribution in [0.1, 0.15) is 42.3 Å². The topological polar surface area (TPSA) is 75.2 Å². The van der Waals surface area contributed by atoms with E-state index in [2.05, 4.69) is 15.3 Å². The van der Waals surface area contributed by atoms with Crippen molar-refractivity contribution in [2.24, 2.45) is 11.3 Å². The number of rotatable bonds is 2. The first-order valence-electron chi connectivity index (χ1n) is 8.03. The van der Waals surface area contributed by atoms with Gasteiger partial charge in [-0.3, -0.25) is 9.59 Å². The van der Waals surface area contributed by atoms with Gasteiger partial charge in [-0.05, 0) is 32.4 Å². The highest BCUT2D eigenvalue weighted by Gasteiger charge is 2.49. The van der Waals surface area contributed by atoms with Crippen molar-refractivity contribution < 1.29 is 9.59 Å². The summed E-state index contributed by atoms with van der Waals surface area (Å²) in [4.78, 5) is 34.9. The molecule has 1 aromatic heterocycles. The second-order valence-electron chi connectivity index (χ2n) is 7.00. The number of carbonyl (C=O) groups is 2. The van der Waals surface area contributed by atoms with Crippen LogP contribution in [-0.4, -0.2) is 33.7 Å². The summed E-state index contributed by atoms with van der Waals surface area (Å²) in [6.07, 6.45) is 4.59. The van der Waals surface area contributed by atoms with E-state index >= 15 is 0 Å². The number of nitrogens with zero attached hydrogens (tertiary/aromatic N) is 3. The van der Waals surface area contributed by atoms with E-state index in [0.29, 0.717) is 17.2 Å². The molecule has 6 heteroatoms. The average Bonchev–Trinajstić information content (AvgIpc) is 2.67. The third kappa shape index (κ3) is 2.62. The molecule has 6 nitrogen and oxygen atoms in total. The zero-order chi connectivity index (χ0) is 17.6. The number of likely N-dealkylation sites (tertiary alicyclic amines) is 1. The number of allylic oxidation sites excluding steroid dienone is 3. The Labute approximate surface area is 141 Å². The SMILES string of the molecule is Cc1cc(C(=O)NC2=CCC3C(=C2)N(C)C(=O)C3(C)C)nc(C)n1. The summed E-state index contributed by atoms with van der Waals surface area (Å²) < 4.78 is 0. The molecular formula is C18H22N4O2. The first-order chi connectivity index (χ1) is 11.2. The maximum atomic E-state index is 12.4. The van der Waals surface area contributed by atoms with Crippen LogP contribution in [0, 0.1) is 25.2 Å². The molecule has 2 heterocycles. The molecule has 0 bridgehead atoms. The Morgan fingerprint density at radius 2 is 2.04 bits per heavy atom. The Hall–Kier alpha value is -2.50. The van der Waals surface area contributed by atoms with Gasteiger partial charge < -0.3 is 10.2 Å². The Bertz CT molecular complexity index is 772. The molecule has 1 unspecified atom stereocenters. The molecule has 1 fully saturated rings. The lowest BCUT2D eigenvalue weighted by Gasteiger charge is -2.25. The zero-order valence-corrected chi connectivity index (χ0v) is 14.7. The fraction of sp³-hybridized carbons (Fsp3) is 0.444. The second kappa shape index (κ2) is 5.54. The second-order valence-corrected chi connectivity index (χ2v) is 7.00. The summed E-state index contributed by atoms with van der Waals surface area (Å²) in [6.45, 7) is 7.54. The van der Waals surface area contributed by atoms with Crippen LogP contribution in [0.5, 0.6) is 0 Å². The molecule has 0 saturated carbocycles. The van der Waals surface area contributed by atoms with E-state index < -0.39 is 5.41 Å². The first kappa shape index (κ1) is 16.4. The molecule has 1 N–H and O–H groups in total. The maximum Gasteiger partial charge on any atom is 0.274 e. The number of amides is 2. The fourth-order valence-corrected chi connectivity index (χ4v) is 3.49. The van der Waals surface area contributed by atoms with E-state index in [1.165, 1.54) is 0 Å². The van der Waals surface area contributed by atoms with Crippen LogP contribution in [0.4, 0.5) is 0 Å². The molecular weight excluding hydrogens is 304 g/mol. The largest absolute Gasteiger partial charge is 0.321 e. The van der Waals surface area contributed by atoms with Gasteiger partial charge >= 0.3 is 0 Å². The van der Waals surface area contributed by atoms with Gasteiger partial charge in [0.25, 0.3) is 5.91 Å². The Kier molecular flexibility index (Phi) is 3.78. The molecule has 1 saturated heterocycles. The lowest BCUT2D eigenvalue weighted by Crippen LogP contribution is -2.29. The number of hydrogen-bond acceptors (Lipinski definition) is 4. The van der Waals surface area contributed by atoms with Gasteiger partial charge in [0.2, 0.25) is 5.91 Å². The lowest BCUT2D eigenvalue weighted by molar-refractivity contribution is -0.133. The maximum absolute atomic E-state index is 12.4. The highest BCUT2D eigenvalue weighted by atomic mass is 16.2. The van der Waals surface area contributed by atoms with Crippen molar-refractivity contribution in [1.82, 2.24) is 20.2 Å². The number of aryl methyl sites for hydroxylation is 2. The van der Waals surface area contributed by atoms with Gasteiger partial charge in [0.1, 0.15) is 11.5 Å². The fourth-order valence-electron chi connectivity index (χ4n) is 3.49. The summed E-state index contributed by atoms with van der Waals surface area (Å²) in [5.41, 5.74) is 2.35. The summed E-state index contributed by atoms with van der Waals surface area (Å²) in [5.74, 6) is 0.566. The monoisotopic (exact) mass is 326 g/mol. The molecule has 1 aliphatic heterocycles. The molecule has 1 atom stereocenters. The van der Waals surface area contributed by atoms with Gasteiger partial charge in [0, 0.05) is 30.1 Å². The molecule has 1 aliphatic carbocycles. The van der Waals surface area contributed by atoms with Gasteiger partial charge in [-0.2, -0.15) is 0 Å². The first-order valence-corrected chi connectivity index (χ1v) is 8.03. The predicted molar refractivity (Wildman–Crippen MR) is 89.8 cm³/mol. The highest BCUT2D eigenvalue weighted by molar-refractivity contribution is 5.94. The number of fused-ring (bicyclic) bond motifs is 1. The standard InChI is InChI=1S/C18H22N4O2/c1-10-8-14(20-11(2)19-10)16(23)21-12-6-7-13-15(9-12)22(5)17(24)18(13,3)4/h6,8-9,13H,7H2,1-5H3,(H,21,23). The molecule has 126 valence electrons. The van der Waals surface area contributed by atoms with Gasteiger partial charge in [-0.1, -0.05) is 19.9 Å². The molecule has 0 radical (unpaired) electrons. The highest BCUT2D eigenvalue weighted by Crippen LogP contribution is 2.46. The van der Waals surface area contributed by atoms with E-state index in [1.807, 2.05) is 32.9 Å². The summed E-state index contributed by atoms with van der Waals surface area (Å²) in [5, 5.41) is 2.88. The number of aromatic nitrogens is 2. The van der Waals surface area contributed by atoms with Gasteiger partial charge in [-0.25, -0.2) is 9.97 Å². The Morgan fingerprint density at radius 3 is 2.71 bits per heavy atom. The van der Waals surface area contributed by atoms with Crippen LogP contribution in [0.25, 0.3) is 0 Å². The Morgan fingerprint density at radius 1 is 1.33 bits per heavy atom. The van der Waals surface area contributed by atoms with E-state index in [0.717, 1.165) is 17.8 Å². The van der Waals surface area contributed by atoms with E-state index in [1.54, 1.807) is 24.9 Å². The van der Waals surface area contributed by atoms with Crippen LogP contribution in [0.15, 0.2) is 29.6 Å². The van der Waals surface area contributed by atoms with Crippen molar-refractivity contribution in [2.45, 2.75) is 34.1 Å². The van der Waals surface area contributed by atoms with Crippen LogP contribution in [-0.2, 0) is 4.79 Å². The van der Waals surface area contributed by atoms with Crippen LogP contribution in [0.2, 0.25) is 0 Å². The molecule has 0 spiro atoms. The Balaban J connectivity index is 1.82. The normalized spacial score (nSPS) is 22.0. The summed E-state index contributed by atoms with van der Waals surface area (Å²) in [7, 11) is 1.79. The smallest absolute Gasteiger partial charge is 0.274 e. The van der Waals surface area contributed by atoms with Gasteiger partial charge in [0.15, 0.2) is 0 Å². The number of hydrogen-bond donors (Lipinski definition) is 1. The minimum Gasteiger partial charge on any atom is -0.321 e. The van der Waals surface area contributed by atoms with Crippen LogP contribution in [0.3, 0.4) is 0 Å². The molecule has 24 heavy (non-hydrogen) atoms. The quantitative estimate of drug-likeness (QED) is 0.903.